The van der Waals surface area contributed by atoms with Crippen molar-refractivity contribution in [1.29, 1.82) is 0 Å². The predicted molar refractivity (Wildman–Crippen MR) is 150 cm³/mol. The molecule has 0 aliphatic rings. The number of hydrogen-bond acceptors (Lipinski definition) is 5. The number of nitrogens with zero attached hydrogens (tertiary/aromatic N) is 1. The van der Waals surface area contributed by atoms with Crippen LogP contribution in [0.25, 0.3) is 22.4 Å². The molecule has 1 aromatic heterocycles. The summed E-state index contributed by atoms with van der Waals surface area (Å²) in [5.41, 5.74) is 4.21. The molecule has 0 fully saturated rings. The highest BCUT2D eigenvalue weighted by atomic mass is 19.4. The molecular weight excluding hydrogens is 519 g/mol. The van der Waals surface area contributed by atoms with Gasteiger partial charge in [-0.2, -0.15) is 13.2 Å². The number of benzene rings is 2. The molecule has 3 rings (SSSR count). The van der Waals surface area contributed by atoms with Gasteiger partial charge in [0.05, 0.1) is 24.5 Å². The average molecular weight is 558 g/mol. The van der Waals surface area contributed by atoms with Crippen molar-refractivity contribution in [3.05, 3.63) is 72.4 Å². The second-order valence-electron chi connectivity index (χ2n) is 9.69. The van der Waals surface area contributed by atoms with E-state index in [2.05, 4.69) is 11.9 Å². The van der Waals surface area contributed by atoms with Crippen LogP contribution in [0.4, 0.5) is 13.2 Å². The summed E-state index contributed by atoms with van der Waals surface area (Å²) < 4.78 is 53.1. The number of carbonyl (C=O) groups excluding carboxylic acids is 1. The number of hydrogen-bond donors (Lipinski definition) is 0. The Kier molecular flexibility index (Phi) is 12.5. The Labute approximate surface area is 234 Å². The summed E-state index contributed by atoms with van der Waals surface area (Å²) in [6.45, 7) is 4.23. The molecule has 2 aromatic carbocycles. The molecule has 216 valence electrons. The molecule has 0 amide bonds. The predicted octanol–water partition coefficient (Wildman–Crippen LogP) is 8.67. The van der Waals surface area contributed by atoms with E-state index in [1.165, 1.54) is 12.8 Å². The Bertz CT molecular complexity index is 1150. The van der Waals surface area contributed by atoms with Crippen LogP contribution in [-0.2, 0) is 9.47 Å². The topological polar surface area (TPSA) is 57.7 Å². The van der Waals surface area contributed by atoms with Crippen LogP contribution in [0.5, 0.6) is 5.75 Å². The van der Waals surface area contributed by atoms with Crippen LogP contribution in [0.3, 0.4) is 0 Å². The second kappa shape index (κ2) is 16.0. The summed E-state index contributed by atoms with van der Waals surface area (Å²) in [5.74, 6) is 0.457. The Hall–Kier alpha value is -3.39. The summed E-state index contributed by atoms with van der Waals surface area (Å²) >= 11 is 0. The molecule has 3 aromatic rings. The van der Waals surface area contributed by atoms with E-state index in [1.54, 1.807) is 12.1 Å². The van der Waals surface area contributed by atoms with Crippen molar-refractivity contribution < 1.29 is 32.2 Å². The number of alkyl halides is 3. The number of unbranched alkanes of at least 4 members (excludes halogenated alkanes) is 5. The summed E-state index contributed by atoms with van der Waals surface area (Å²) in [7, 11) is 0. The zero-order chi connectivity index (χ0) is 28.8. The Morgan fingerprint density at radius 3 is 2.02 bits per heavy atom. The van der Waals surface area contributed by atoms with Crippen LogP contribution in [0, 0.1) is 0 Å². The molecule has 0 radical (unpaired) electrons. The molecule has 0 saturated heterocycles. The minimum atomic E-state index is -4.33. The van der Waals surface area contributed by atoms with Crippen molar-refractivity contribution in [3.8, 4) is 28.1 Å². The van der Waals surface area contributed by atoms with E-state index in [1.807, 2.05) is 54.7 Å². The summed E-state index contributed by atoms with van der Waals surface area (Å²) in [6, 6.07) is 19.1. The fraction of sp³-hybridized carbons (Fsp3) is 0.438. The number of aromatic nitrogens is 1. The van der Waals surface area contributed by atoms with Gasteiger partial charge in [-0.3, -0.25) is 4.98 Å². The molecular formula is C32H38F3NO4. The van der Waals surface area contributed by atoms with Gasteiger partial charge in [0.25, 0.3) is 0 Å². The van der Waals surface area contributed by atoms with Crippen LogP contribution < -0.4 is 4.74 Å². The van der Waals surface area contributed by atoms with Crippen molar-refractivity contribution in [2.45, 2.75) is 71.1 Å². The van der Waals surface area contributed by atoms with Gasteiger partial charge in [0.2, 0.25) is 0 Å². The Morgan fingerprint density at radius 2 is 1.40 bits per heavy atom. The third-order valence-electron chi connectivity index (χ3n) is 6.48. The first-order valence-electron chi connectivity index (χ1n) is 13.9. The van der Waals surface area contributed by atoms with Gasteiger partial charge in [-0.25, -0.2) is 4.79 Å². The fourth-order valence-electron chi connectivity index (χ4n) is 3.96. The smallest absolute Gasteiger partial charge is 0.414 e. The van der Waals surface area contributed by atoms with E-state index >= 15 is 0 Å². The number of rotatable bonds is 16. The van der Waals surface area contributed by atoms with Crippen molar-refractivity contribution in [3.63, 3.8) is 0 Å². The van der Waals surface area contributed by atoms with Gasteiger partial charge >= 0.3 is 12.1 Å². The molecule has 1 heterocycles. The summed E-state index contributed by atoms with van der Waals surface area (Å²) in [4.78, 5) is 16.9. The number of pyridine rings is 1. The zero-order valence-electron chi connectivity index (χ0n) is 23.2. The van der Waals surface area contributed by atoms with Gasteiger partial charge in [-0.15, -0.1) is 0 Å². The highest BCUT2D eigenvalue weighted by Gasteiger charge is 2.36. The third kappa shape index (κ3) is 10.3. The summed E-state index contributed by atoms with van der Waals surface area (Å²) in [6.07, 6.45) is 1.76. The lowest BCUT2D eigenvalue weighted by Gasteiger charge is -2.16. The average Bonchev–Trinajstić information content (AvgIpc) is 2.96. The number of halogens is 3. The number of ether oxygens (including phenoxy) is 3. The highest BCUT2D eigenvalue weighted by molar-refractivity contribution is 5.90. The molecule has 0 bridgehead atoms. The first-order chi connectivity index (χ1) is 19.3. The van der Waals surface area contributed by atoms with Gasteiger partial charge in [0.1, 0.15) is 5.75 Å². The largest absolute Gasteiger partial charge is 0.494 e. The van der Waals surface area contributed by atoms with Gasteiger partial charge in [0.15, 0.2) is 6.10 Å². The van der Waals surface area contributed by atoms with Crippen LogP contribution in [0.15, 0.2) is 66.9 Å². The third-order valence-corrected chi connectivity index (χ3v) is 6.48. The van der Waals surface area contributed by atoms with E-state index < -0.39 is 18.2 Å². The number of carbonyl (C=O) groups is 1. The maximum atomic E-state index is 12.4. The molecule has 8 heteroatoms. The molecule has 0 aliphatic heterocycles. The molecule has 0 saturated carbocycles. The van der Waals surface area contributed by atoms with Gasteiger partial charge in [0, 0.05) is 23.9 Å². The monoisotopic (exact) mass is 557 g/mol. The first kappa shape index (κ1) is 31.1. The minimum Gasteiger partial charge on any atom is -0.494 e. The molecule has 40 heavy (non-hydrogen) atoms. The lowest BCUT2D eigenvalue weighted by molar-refractivity contribution is -0.214. The maximum absolute atomic E-state index is 12.4. The van der Waals surface area contributed by atoms with Gasteiger partial charge in [-0.1, -0.05) is 44.4 Å². The van der Waals surface area contributed by atoms with Crippen LogP contribution >= 0.6 is 0 Å². The van der Waals surface area contributed by atoms with Crippen molar-refractivity contribution >= 4 is 5.97 Å². The molecule has 0 spiro atoms. The van der Waals surface area contributed by atoms with Gasteiger partial charge in [-0.05, 0) is 80.6 Å². The van der Waals surface area contributed by atoms with Crippen molar-refractivity contribution in [2.24, 2.45) is 0 Å². The Morgan fingerprint density at radius 1 is 0.775 bits per heavy atom. The minimum absolute atomic E-state index is 0.0623. The Balaban J connectivity index is 1.39. The van der Waals surface area contributed by atoms with Crippen molar-refractivity contribution in [1.82, 2.24) is 4.98 Å². The van der Waals surface area contributed by atoms with E-state index in [-0.39, 0.29) is 13.2 Å². The normalized spacial score (nSPS) is 12.2. The molecule has 0 N–H and O–H groups in total. The van der Waals surface area contributed by atoms with Crippen LogP contribution in [0.1, 0.15) is 69.2 Å². The van der Waals surface area contributed by atoms with E-state index in [4.69, 9.17) is 14.2 Å². The molecule has 1 unspecified atom stereocenters. The quantitative estimate of drug-likeness (QED) is 0.130. The van der Waals surface area contributed by atoms with Crippen molar-refractivity contribution in [2.75, 3.05) is 19.8 Å². The standard InChI is InChI=1S/C32H38F3NO4/c1-3-4-7-21-39-29-17-14-26(15-18-29)30-19-16-28(23-36-30)25-10-12-27(13-11-25)31(37)40-22-9-6-5-8-20-38-24(2)32(33,34)35/h10-19,23-24H,3-9,20-22H2,1-2H3. The van der Waals surface area contributed by atoms with Crippen LogP contribution in [-0.4, -0.2) is 43.1 Å². The van der Waals surface area contributed by atoms with E-state index in [9.17, 15) is 18.0 Å². The SMILES string of the molecule is CCCCCOc1ccc(-c2ccc(-c3ccc(C(=O)OCCCCCCOC(C)C(F)(F)F)cc3)cn2)cc1. The fourth-order valence-corrected chi connectivity index (χ4v) is 3.96. The van der Waals surface area contributed by atoms with Gasteiger partial charge < -0.3 is 14.2 Å². The molecule has 1 atom stereocenters. The second-order valence-corrected chi connectivity index (χ2v) is 9.69. The molecule has 0 aliphatic carbocycles. The number of esters is 1. The maximum Gasteiger partial charge on any atom is 0.414 e. The summed E-state index contributed by atoms with van der Waals surface area (Å²) in [5, 5.41) is 0. The first-order valence-corrected chi connectivity index (χ1v) is 13.9. The lowest BCUT2D eigenvalue weighted by Crippen LogP contribution is -2.28. The van der Waals surface area contributed by atoms with E-state index in [0.717, 1.165) is 54.5 Å². The molecule has 5 nitrogen and oxygen atoms in total. The van der Waals surface area contributed by atoms with Crippen LogP contribution in [0.2, 0.25) is 0 Å². The highest BCUT2D eigenvalue weighted by Crippen LogP contribution is 2.25. The van der Waals surface area contributed by atoms with E-state index in [0.29, 0.717) is 24.8 Å². The zero-order valence-corrected chi connectivity index (χ0v) is 23.2. The lowest BCUT2D eigenvalue weighted by atomic mass is 10.0.